The summed E-state index contributed by atoms with van der Waals surface area (Å²) in [6.07, 6.45) is 2.80. The summed E-state index contributed by atoms with van der Waals surface area (Å²) in [5.74, 6) is 1.77. The summed E-state index contributed by atoms with van der Waals surface area (Å²) >= 11 is 0. The van der Waals surface area contributed by atoms with Crippen molar-refractivity contribution in [1.29, 1.82) is 0 Å². The maximum atomic E-state index is 5.82. The molecular weight excluding hydrogens is 254 g/mol. The van der Waals surface area contributed by atoms with E-state index in [1.807, 2.05) is 32.0 Å². The zero-order valence-electron chi connectivity index (χ0n) is 12.6. The highest BCUT2D eigenvalue weighted by Crippen LogP contribution is 2.26. The van der Waals surface area contributed by atoms with Gasteiger partial charge < -0.3 is 19.5 Å². The third-order valence-corrected chi connectivity index (χ3v) is 3.22. The Bertz CT molecular complexity index is 416. The van der Waals surface area contributed by atoms with E-state index in [0.717, 1.165) is 23.6 Å². The Morgan fingerprint density at radius 1 is 1.25 bits per heavy atom. The molecule has 0 aliphatic heterocycles. The third-order valence-electron chi connectivity index (χ3n) is 3.22. The molecule has 4 heteroatoms. The average molecular weight is 279 g/mol. The smallest absolute Gasteiger partial charge is 0.124 e. The van der Waals surface area contributed by atoms with Crippen LogP contribution in [0, 0.1) is 0 Å². The fraction of sp³-hybridized carbons (Fsp3) is 0.625. The van der Waals surface area contributed by atoms with Gasteiger partial charge in [-0.1, -0.05) is 0 Å². The number of hydrogen-bond donors (Lipinski definition) is 1. The van der Waals surface area contributed by atoms with Crippen molar-refractivity contribution in [3.8, 4) is 11.5 Å². The Balaban J connectivity index is 1.90. The van der Waals surface area contributed by atoms with E-state index in [9.17, 15) is 0 Å². The number of rotatable bonds is 9. The lowest BCUT2D eigenvalue weighted by Gasteiger charge is -2.14. The van der Waals surface area contributed by atoms with E-state index in [-0.39, 0.29) is 6.10 Å². The Morgan fingerprint density at radius 2 is 2.05 bits per heavy atom. The highest BCUT2D eigenvalue weighted by Gasteiger charge is 2.20. The van der Waals surface area contributed by atoms with Crippen LogP contribution in [0.2, 0.25) is 0 Å². The maximum absolute atomic E-state index is 5.82. The molecule has 0 saturated heterocycles. The highest BCUT2D eigenvalue weighted by atomic mass is 16.5. The first-order chi connectivity index (χ1) is 9.69. The van der Waals surface area contributed by atoms with Gasteiger partial charge in [0.25, 0.3) is 0 Å². The van der Waals surface area contributed by atoms with Gasteiger partial charge >= 0.3 is 0 Å². The monoisotopic (exact) mass is 279 g/mol. The Kier molecular flexibility index (Phi) is 5.68. The predicted octanol–water partition coefficient (Wildman–Crippen LogP) is 2.75. The number of nitrogens with one attached hydrogen (secondary N) is 1. The second-order valence-corrected chi connectivity index (χ2v) is 5.40. The number of ether oxygens (including phenoxy) is 3. The Hall–Kier alpha value is -1.26. The van der Waals surface area contributed by atoms with Crippen LogP contribution in [0.5, 0.6) is 11.5 Å². The number of methoxy groups -OCH3 is 1. The van der Waals surface area contributed by atoms with Crippen LogP contribution in [0.15, 0.2) is 18.2 Å². The molecule has 1 fully saturated rings. The maximum Gasteiger partial charge on any atom is 0.124 e. The van der Waals surface area contributed by atoms with Gasteiger partial charge in [0.05, 0.1) is 19.8 Å². The van der Waals surface area contributed by atoms with Crippen molar-refractivity contribution < 1.29 is 14.2 Å². The molecule has 1 aliphatic rings. The zero-order valence-corrected chi connectivity index (χ0v) is 12.6. The van der Waals surface area contributed by atoms with E-state index >= 15 is 0 Å². The molecule has 0 spiro atoms. The Morgan fingerprint density at radius 3 is 2.70 bits per heavy atom. The molecule has 2 rings (SSSR count). The summed E-state index contributed by atoms with van der Waals surface area (Å²) in [5, 5.41) is 3.51. The van der Waals surface area contributed by atoms with Crippen LogP contribution >= 0.6 is 0 Å². The fourth-order valence-corrected chi connectivity index (χ4v) is 1.94. The van der Waals surface area contributed by atoms with E-state index in [1.165, 1.54) is 12.8 Å². The standard InChI is InChI=1S/C16H25NO3/c1-12(2)19-8-9-20-16-7-6-15(18-3)10-13(16)11-17-14-4-5-14/h6-7,10,12,14,17H,4-5,8-9,11H2,1-3H3. The van der Waals surface area contributed by atoms with Crippen LogP contribution < -0.4 is 14.8 Å². The van der Waals surface area contributed by atoms with Crippen molar-refractivity contribution >= 4 is 0 Å². The van der Waals surface area contributed by atoms with Crippen LogP contribution in [0.3, 0.4) is 0 Å². The van der Waals surface area contributed by atoms with Gasteiger partial charge in [-0.2, -0.15) is 0 Å². The second kappa shape index (κ2) is 7.50. The number of benzene rings is 1. The van der Waals surface area contributed by atoms with Crippen LogP contribution in [0.25, 0.3) is 0 Å². The minimum atomic E-state index is 0.241. The van der Waals surface area contributed by atoms with Crippen molar-refractivity contribution in [1.82, 2.24) is 5.32 Å². The predicted molar refractivity (Wildman–Crippen MR) is 79.4 cm³/mol. The molecule has 1 N–H and O–H groups in total. The molecule has 0 radical (unpaired) electrons. The van der Waals surface area contributed by atoms with Crippen molar-refractivity contribution in [2.45, 2.75) is 45.4 Å². The molecule has 0 bridgehead atoms. The largest absolute Gasteiger partial charge is 0.497 e. The first-order valence-electron chi connectivity index (χ1n) is 7.33. The van der Waals surface area contributed by atoms with Gasteiger partial charge in [0.1, 0.15) is 18.1 Å². The molecule has 0 aromatic heterocycles. The topological polar surface area (TPSA) is 39.7 Å². The molecule has 0 heterocycles. The fourth-order valence-electron chi connectivity index (χ4n) is 1.94. The van der Waals surface area contributed by atoms with E-state index in [1.54, 1.807) is 7.11 Å². The molecule has 4 nitrogen and oxygen atoms in total. The van der Waals surface area contributed by atoms with Gasteiger partial charge in [-0.25, -0.2) is 0 Å². The molecule has 1 aromatic carbocycles. The molecule has 0 amide bonds. The highest BCUT2D eigenvalue weighted by molar-refractivity contribution is 5.40. The quantitative estimate of drug-likeness (QED) is 0.706. The molecule has 1 aromatic rings. The lowest BCUT2D eigenvalue weighted by atomic mass is 10.2. The van der Waals surface area contributed by atoms with Crippen molar-refractivity contribution in [3.05, 3.63) is 23.8 Å². The van der Waals surface area contributed by atoms with E-state index < -0.39 is 0 Å². The second-order valence-electron chi connectivity index (χ2n) is 5.40. The van der Waals surface area contributed by atoms with Crippen molar-refractivity contribution in [2.24, 2.45) is 0 Å². The first-order valence-corrected chi connectivity index (χ1v) is 7.33. The van der Waals surface area contributed by atoms with Crippen LogP contribution in [-0.2, 0) is 11.3 Å². The lowest BCUT2D eigenvalue weighted by molar-refractivity contribution is 0.0550. The van der Waals surface area contributed by atoms with Gasteiger partial charge in [0, 0.05) is 18.2 Å². The molecule has 112 valence electrons. The lowest BCUT2D eigenvalue weighted by Crippen LogP contribution is -2.17. The zero-order chi connectivity index (χ0) is 14.4. The van der Waals surface area contributed by atoms with Gasteiger partial charge in [-0.3, -0.25) is 0 Å². The van der Waals surface area contributed by atoms with E-state index in [0.29, 0.717) is 19.3 Å². The van der Waals surface area contributed by atoms with Crippen LogP contribution in [0.4, 0.5) is 0 Å². The third kappa shape index (κ3) is 5.02. The van der Waals surface area contributed by atoms with Gasteiger partial charge in [-0.15, -0.1) is 0 Å². The van der Waals surface area contributed by atoms with Crippen molar-refractivity contribution in [2.75, 3.05) is 20.3 Å². The minimum Gasteiger partial charge on any atom is -0.497 e. The Labute approximate surface area is 121 Å². The molecule has 1 aliphatic carbocycles. The summed E-state index contributed by atoms with van der Waals surface area (Å²) in [6, 6.07) is 6.61. The van der Waals surface area contributed by atoms with Crippen LogP contribution in [0.1, 0.15) is 32.3 Å². The summed E-state index contributed by atoms with van der Waals surface area (Å²) in [7, 11) is 1.68. The summed E-state index contributed by atoms with van der Waals surface area (Å²) in [5.41, 5.74) is 1.14. The van der Waals surface area contributed by atoms with E-state index in [2.05, 4.69) is 5.32 Å². The normalized spacial score (nSPS) is 14.6. The minimum absolute atomic E-state index is 0.241. The summed E-state index contributed by atoms with van der Waals surface area (Å²) in [4.78, 5) is 0. The molecule has 0 atom stereocenters. The van der Waals surface area contributed by atoms with Crippen LogP contribution in [-0.4, -0.2) is 32.5 Å². The SMILES string of the molecule is COc1ccc(OCCOC(C)C)c(CNC2CC2)c1. The number of hydrogen-bond acceptors (Lipinski definition) is 4. The van der Waals surface area contributed by atoms with Gasteiger partial charge in [0.2, 0.25) is 0 Å². The molecular formula is C16H25NO3. The van der Waals surface area contributed by atoms with E-state index in [4.69, 9.17) is 14.2 Å². The molecule has 1 saturated carbocycles. The average Bonchev–Trinajstić information content (AvgIpc) is 3.26. The molecule has 0 unspecified atom stereocenters. The summed E-state index contributed by atoms with van der Waals surface area (Å²) in [6.45, 7) is 6.05. The van der Waals surface area contributed by atoms with Crippen molar-refractivity contribution in [3.63, 3.8) is 0 Å². The summed E-state index contributed by atoms with van der Waals surface area (Å²) < 4.78 is 16.6. The molecule has 20 heavy (non-hydrogen) atoms. The first kappa shape index (κ1) is 15.1. The van der Waals surface area contributed by atoms with Gasteiger partial charge in [-0.05, 0) is 44.9 Å². The van der Waals surface area contributed by atoms with Gasteiger partial charge in [0.15, 0.2) is 0 Å².